The zero-order valence-corrected chi connectivity index (χ0v) is 12.1. The number of hydrogen-bond donors (Lipinski definition) is 1. The molecule has 100 valence electrons. The summed E-state index contributed by atoms with van der Waals surface area (Å²) < 4.78 is 12.3. The molecule has 1 aromatic carbocycles. The Balaban J connectivity index is 1.55. The van der Waals surface area contributed by atoms with Crippen LogP contribution in [0.25, 0.3) is 0 Å². The Labute approximate surface area is 117 Å². The summed E-state index contributed by atoms with van der Waals surface area (Å²) in [5, 5.41) is 3.36. The fraction of sp³-hybridized carbons (Fsp3) is 0.571. The van der Waals surface area contributed by atoms with Crippen LogP contribution in [0.15, 0.2) is 28.7 Å². The minimum atomic E-state index is 0.613. The van der Waals surface area contributed by atoms with E-state index in [1.54, 1.807) is 0 Å². The lowest BCUT2D eigenvalue weighted by molar-refractivity contribution is 0.0655. The minimum absolute atomic E-state index is 0.613. The van der Waals surface area contributed by atoms with Gasteiger partial charge in [-0.1, -0.05) is 22.0 Å². The van der Waals surface area contributed by atoms with E-state index in [9.17, 15) is 0 Å². The van der Waals surface area contributed by atoms with E-state index in [0.717, 1.165) is 35.8 Å². The predicted molar refractivity (Wildman–Crippen MR) is 76.0 cm³/mol. The van der Waals surface area contributed by atoms with Gasteiger partial charge >= 0.3 is 0 Å². The van der Waals surface area contributed by atoms with Gasteiger partial charge in [0.1, 0.15) is 12.4 Å². The minimum Gasteiger partial charge on any atom is -0.491 e. The number of benzene rings is 1. The van der Waals surface area contributed by atoms with Crippen LogP contribution in [0, 0.1) is 5.92 Å². The predicted octanol–water partition coefficient (Wildman–Crippen LogP) is 2.84. The molecule has 1 saturated heterocycles. The van der Waals surface area contributed by atoms with Gasteiger partial charge in [0, 0.05) is 11.1 Å². The van der Waals surface area contributed by atoms with Crippen LogP contribution in [0.1, 0.15) is 12.8 Å². The zero-order valence-electron chi connectivity index (χ0n) is 10.5. The molecular formula is C14H20BrNO2. The van der Waals surface area contributed by atoms with Crippen molar-refractivity contribution in [3.63, 3.8) is 0 Å². The molecule has 1 N–H and O–H groups in total. The smallest absolute Gasteiger partial charge is 0.120 e. The summed E-state index contributed by atoms with van der Waals surface area (Å²) in [7, 11) is 0. The first-order chi connectivity index (χ1) is 8.84. The summed E-state index contributed by atoms with van der Waals surface area (Å²) in [6.07, 6.45) is 2.46. The molecule has 2 rings (SSSR count). The standard InChI is InChI=1S/C14H20BrNO2/c15-13-2-1-3-14(10-13)18-9-8-17-11-12-4-6-16-7-5-12/h1-3,10,12,16H,4-9,11H2. The van der Waals surface area contributed by atoms with Crippen LogP contribution in [-0.2, 0) is 4.74 Å². The van der Waals surface area contributed by atoms with Gasteiger partial charge in [-0.2, -0.15) is 0 Å². The van der Waals surface area contributed by atoms with Crippen molar-refractivity contribution in [1.29, 1.82) is 0 Å². The van der Waals surface area contributed by atoms with Crippen molar-refractivity contribution in [3.05, 3.63) is 28.7 Å². The quantitative estimate of drug-likeness (QED) is 0.819. The molecule has 0 bridgehead atoms. The Morgan fingerprint density at radius 2 is 2.06 bits per heavy atom. The number of halogens is 1. The maximum Gasteiger partial charge on any atom is 0.120 e. The van der Waals surface area contributed by atoms with Crippen molar-refractivity contribution in [1.82, 2.24) is 5.32 Å². The van der Waals surface area contributed by atoms with E-state index in [1.807, 2.05) is 24.3 Å². The summed E-state index contributed by atoms with van der Waals surface area (Å²) in [6.45, 7) is 4.40. The van der Waals surface area contributed by atoms with E-state index in [0.29, 0.717) is 13.2 Å². The maximum atomic E-state index is 5.66. The molecule has 0 radical (unpaired) electrons. The van der Waals surface area contributed by atoms with Crippen LogP contribution in [0.3, 0.4) is 0 Å². The molecule has 0 saturated carbocycles. The highest BCUT2D eigenvalue weighted by Gasteiger charge is 2.12. The topological polar surface area (TPSA) is 30.5 Å². The van der Waals surface area contributed by atoms with Crippen LogP contribution in [-0.4, -0.2) is 32.9 Å². The van der Waals surface area contributed by atoms with Crippen LogP contribution in [0.5, 0.6) is 5.75 Å². The second kappa shape index (κ2) is 7.77. The molecule has 0 aliphatic carbocycles. The lowest BCUT2D eigenvalue weighted by Crippen LogP contribution is -2.30. The third-order valence-corrected chi connectivity index (χ3v) is 3.60. The normalized spacial score (nSPS) is 16.7. The Morgan fingerprint density at radius 3 is 2.83 bits per heavy atom. The summed E-state index contributed by atoms with van der Waals surface area (Å²) in [4.78, 5) is 0. The Morgan fingerprint density at radius 1 is 1.22 bits per heavy atom. The van der Waals surface area contributed by atoms with E-state index in [-0.39, 0.29) is 0 Å². The molecule has 1 aliphatic heterocycles. The van der Waals surface area contributed by atoms with Crippen molar-refractivity contribution >= 4 is 15.9 Å². The molecule has 0 spiro atoms. The number of piperidine rings is 1. The molecule has 0 amide bonds. The molecule has 18 heavy (non-hydrogen) atoms. The van der Waals surface area contributed by atoms with Gasteiger partial charge in [0.15, 0.2) is 0 Å². The average Bonchev–Trinajstić information content (AvgIpc) is 2.40. The van der Waals surface area contributed by atoms with Crippen LogP contribution < -0.4 is 10.1 Å². The second-order valence-corrected chi connectivity index (χ2v) is 5.49. The zero-order chi connectivity index (χ0) is 12.6. The van der Waals surface area contributed by atoms with Gasteiger partial charge in [-0.3, -0.25) is 0 Å². The molecule has 1 heterocycles. The van der Waals surface area contributed by atoms with Crippen LogP contribution in [0.4, 0.5) is 0 Å². The van der Waals surface area contributed by atoms with Gasteiger partial charge < -0.3 is 14.8 Å². The third kappa shape index (κ3) is 4.96. The fourth-order valence-corrected chi connectivity index (χ4v) is 2.45. The lowest BCUT2D eigenvalue weighted by Gasteiger charge is -2.22. The van der Waals surface area contributed by atoms with E-state index in [2.05, 4.69) is 21.2 Å². The van der Waals surface area contributed by atoms with Gasteiger partial charge in [0.25, 0.3) is 0 Å². The monoisotopic (exact) mass is 313 g/mol. The third-order valence-electron chi connectivity index (χ3n) is 3.10. The molecule has 0 unspecified atom stereocenters. The van der Waals surface area contributed by atoms with Gasteiger partial charge in [-0.25, -0.2) is 0 Å². The number of rotatable bonds is 6. The fourth-order valence-electron chi connectivity index (χ4n) is 2.07. The summed E-state index contributed by atoms with van der Waals surface area (Å²) in [5.41, 5.74) is 0. The second-order valence-electron chi connectivity index (χ2n) is 4.57. The highest BCUT2D eigenvalue weighted by molar-refractivity contribution is 9.10. The molecule has 0 aromatic heterocycles. The highest BCUT2D eigenvalue weighted by Crippen LogP contribution is 2.17. The average molecular weight is 314 g/mol. The molecule has 1 aromatic rings. The first-order valence-corrected chi connectivity index (χ1v) is 7.31. The molecule has 1 aliphatic rings. The van der Waals surface area contributed by atoms with Gasteiger partial charge in [-0.15, -0.1) is 0 Å². The Kier molecular flexibility index (Phi) is 5.97. The van der Waals surface area contributed by atoms with Gasteiger partial charge in [0.2, 0.25) is 0 Å². The van der Waals surface area contributed by atoms with E-state index < -0.39 is 0 Å². The molecular weight excluding hydrogens is 294 g/mol. The molecule has 3 nitrogen and oxygen atoms in total. The lowest BCUT2D eigenvalue weighted by atomic mass is 9.99. The van der Waals surface area contributed by atoms with Crippen molar-refractivity contribution < 1.29 is 9.47 Å². The molecule has 1 fully saturated rings. The number of nitrogens with one attached hydrogen (secondary N) is 1. The first kappa shape index (κ1) is 13.8. The van der Waals surface area contributed by atoms with Gasteiger partial charge in [-0.05, 0) is 50.0 Å². The largest absolute Gasteiger partial charge is 0.491 e. The van der Waals surface area contributed by atoms with Crippen LogP contribution >= 0.6 is 15.9 Å². The first-order valence-electron chi connectivity index (χ1n) is 6.51. The summed E-state index contributed by atoms with van der Waals surface area (Å²) in [5.74, 6) is 1.60. The SMILES string of the molecule is Brc1cccc(OCCOCC2CCNCC2)c1. The van der Waals surface area contributed by atoms with E-state index in [4.69, 9.17) is 9.47 Å². The molecule has 0 atom stereocenters. The summed E-state index contributed by atoms with van der Waals surface area (Å²) in [6, 6.07) is 7.88. The Bertz CT molecular complexity index is 353. The number of hydrogen-bond acceptors (Lipinski definition) is 3. The van der Waals surface area contributed by atoms with E-state index in [1.165, 1.54) is 12.8 Å². The van der Waals surface area contributed by atoms with Crippen molar-refractivity contribution in [3.8, 4) is 5.75 Å². The number of ether oxygens (including phenoxy) is 2. The molecule has 4 heteroatoms. The van der Waals surface area contributed by atoms with Crippen molar-refractivity contribution in [2.75, 3.05) is 32.9 Å². The Hall–Kier alpha value is -0.580. The van der Waals surface area contributed by atoms with Crippen LogP contribution in [0.2, 0.25) is 0 Å². The maximum absolute atomic E-state index is 5.66. The van der Waals surface area contributed by atoms with Crippen molar-refractivity contribution in [2.24, 2.45) is 5.92 Å². The van der Waals surface area contributed by atoms with Gasteiger partial charge in [0.05, 0.1) is 6.61 Å². The van der Waals surface area contributed by atoms with E-state index >= 15 is 0 Å². The van der Waals surface area contributed by atoms with Crippen molar-refractivity contribution in [2.45, 2.75) is 12.8 Å². The summed E-state index contributed by atoms with van der Waals surface area (Å²) >= 11 is 3.42. The highest BCUT2D eigenvalue weighted by atomic mass is 79.9.